The number of imidazole rings is 1. The third-order valence-corrected chi connectivity index (χ3v) is 4.37. The van der Waals surface area contributed by atoms with E-state index in [1.165, 1.54) is 19.4 Å². The SMILES string of the molecule is COc1ccc(OCC2CCCN(CCc3ncc[nH]3)C2)cc1. The zero-order chi connectivity index (χ0) is 15.9. The zero-order valence-corrected chi connectivity index (χ0v) is 13.7. The molecule has 1 atom stereocenters. The third kappa shape index (κ3) is 4.73. The Morgan fingerprint density at radius 2 is 2.09 bits per heavy atom. The number of aromatic amines is 1. The van der Waals surface area contributed by atoms with Gasteiger partial charge < -0.3 is 19.4 Å². The van der Waals surface area contributed by atoms with Gasteiger partial charge in [0.05, 0.1) is 13.7 Å². The van der Waals surface area contributed by atoms with Crippen molar-refractivity contribution < 1.29 is 9.47 Å². The Labute approximate surface area is 137 Å². The van der Waals surface area contributed by atoms with Gasteiger partial charge in [-0.1, -0.05) is 0 Å². The highest BCUT2D eigenvalue weighted by Gasteiger charge is 2.20. The number of nitrogens with zero attached hydrogens (tertiary/aromatic N) is 2. The molecule has 0 aliphatic carbocycles. The van der Waals surface area contributed by atoms with Crippen LogP contribution in [0.25, 0.3) is 0 Å². The van der Waals surface area contributed by atoms with Crippen LogP contribution in [0.2, 0.25) is 0 Å². The van der Waals surface area contributed by atoms with Gasteiger partial charge in [0.2, 0.25) is 0 Å². The minimum absolute atomic E-state index is 0.599. The predicted octanol–water partition coefficient (Wildman–Crippen LogP) is 2.75. The maximum Gasteiger partial charge on any atom is 0.119 e. The number of hydrogen-bond donors (Lipinski definition) is 1. The Bertz CT molecular complexity index is 568. The maximum atomic E-state index is 5.94. The molecule has 1 aliphatic rings. The molecule has 1 fully saturated rings. The standard InChI is InChI=1S/C18H25N3O2/c1-22-16-4-6-17(7-5-16)23-14-15-3-2-11-21(13-15)12-8-18-19-9-10-20-18/h4-7,9-10,15H,2-3,8,11-14H2,1H3,(H,19,20). The van der Waals surface area contributed by atoms with E-state index < -0.39 is 0 Å². The fourth-order valence-corrected chi connectivity index (χ4v) is 3.08. The second-order valence-electron chi connectivity index (χ2n) is 6.08. The summed E-state index contributed by atoms with van der Waals surface area (Å²) in [5.74, 6) is 3.45. The number of likely N-dealkylation sites (tertiary alicyclic amines) is 1. The van der Waals surface area contributed by atoms with E-state index in [1.54, 1.807) is 7.11 Å². The van der Waals surface area contributed by atoms with E-state index in [0.717, 1.165) is 43.4 Å². The highest BCUT2D eigenvalue weighted by atomic mass is 16.5. The molecule has 0 bridgehead atoms. The van der Waals surface area contributed by atoms with Crippen molar-refractivity contribution in [3.63, 3.8) is 0 Å². The molecule has 0 saturated carbocycles. The molecule has 0 spiro atoms. The monoisotopic (exact) mass is 315 g/mol. The first-order valence-electron chi connectivity index (χ1n) is 8.31. The summed E-state index contributed by atoms with van der Waals surface area (Å²) in [7, 11) is 1.68. The molecular formula is C18H25N3O2. The van der Waals surface area contributed by atoms with Gasteiger partial charge in [-0.05, 0) is 43.7 Å². The summed E-state index contributed by atoms with van der Waals surface area (Å²) in [5.41, 5.74) is 0. The molecule has 1 N–H and O–H groups in total. The molecule has 1 unspecified atom stereocenters. The molecule has 1 aromatic carbocycles. The van der Waals surface area contributed by atoms with Gasteiger partial charge in [0, 0.05) is 37.8 Å². The highest BCUT2D eigenvalue weighted by molar-refractivity contribution is 5.31. The summed E-state index contributed by atoms with van der Waals surface area (Å²) in [6, 6.07) is 7.81. The fraction of sp³-hybridized carbons (Fsp3) is 0.500. The molecular weight excluding hydrogens is 290 g/mol. The van der Waals surface area contributed by atoms with Crippen LogP contribution < -0.4 is 9.47 Å². The summed E-state index contributed by atoms with van der Waals surface area (Å²) < 4.78 is 11.1. The Morgan fingerprint density at radius 3 is 2.83 bits per heavy atom. The van der Waals surface area contributed by atoms with E-state index in [2.05, 4.69) is 14.9 Å². The Kier molecular flexibility index (Phi) is 5.53. The van der Waals surface area contributed by atoms with E-state index in [9.17, 15) is 0 Å². The largest absolute Gasteiger partial charge is 0.497 e. The molecule has 5 heteroatoms. The van der Waals surface area contributed by atoms with E-state index in [-0.39, 0.29) is 0 Å². The summed E-state index contributed by atoms with van der Waals surface area (Å²) >= 11 is 0. The number of H-pyrrole nitrogens is 1. The lowest BCUT2D eigenvalue weighted by Crippen LogP contribution is -2.38. The van der Waals surface area contributed by atoms with Gasteiger partial charge in [0.15, 0.2) is 0 Å². The molecule has 5 nitrogen and oxygen atoms in total. The first-order valence-corrected chi connectivity index (χ1v) is 8.31. The van der Waals surface area contributed by atoms with Gasteiger partial charge in [0.25, 0.3) is 0 Å². The van der Waals surface area contributed by atoms with Crippen LogP contribution in [0.15, 0.2) is 36.7 Å². The number of methoxy groups -OCH3 is 1. The molecule has 0 radical (unpaired) electrons. The van der Waals surface area contributed by atoms with E-state index in [0.29, 0.717) is 5.92 Å². The summed E-state index contributed by atoms with van der Waals surface area (Å²) in [6.07, 6.45) is 7.18. The van der Waals surface area contributed by atoms with Crippen molar-refractivity contribution in [2.24, 2.45) is 5.92 Å². The normalized spacial score (nSPS) is 18.7. The topological polar surface area (TPSA) is 50.4 Å². The lowest BCUT2D eigenvalue weighted by molar-refractivity contribution is 0.131. The van der Waals surface area contributed by atoms with Crippen LogP contribution in [-0.2, 0) is 6.42 Å². The predicted molar refractivity (Wildman–Crippen MR) is 89.9 cm³/mol. The summed E-state index contributed by atoms with van der Waals surface area (Å²) in [4.78, 5) is 9.99. The maximum absolute atomic E-state index is 5.94. The van der Waals surface area contributed by atoms with Gasteiger partial charge in [0.1, 0.15) is 17.3 Å². The van der Waals surface area contributed by atoms with Crippen molar-refractivity contribution in [2.75, 3.05) is 33.4 Å². The Balaban J connectivity index is 1.42. The molecule has 3 rings (SSSR count). The molecule has 2 heterocycles. The molecule has 23 heavy (non-hydrogen) atoms. The van der Waals surface area contributed by atoms with Gasteiger partial charge in [-0.15, -0.1) is 0 Å². The van der Waals surface area contributed by atoms with E-state index in [1.807, 2.05) is 36.7 Å². The Hall–Kier alpha value is -2.01. The second-order valence-corrected chi connectivity index (χ2v) is 6.08. The van der Waals surface area contributed by atoms with Crippen LogP contribution in [0.4, 0.5) is 0 Å². The number of nitrogens with one attached hydrogen (secondary N) is 1. The average Bonchev–Trinajstić information content (AvgIpc) is 3.12. The number of rotatable bonds is 7. The fourth-order valence-electron chi connectivity index (χ4n) is 3.08. The first kappa shape index (κ1) is 15.9. The molecule has 1 aromatic heterocycles. The minimum atomic E-state index is 0.599. The summed E-state index contributed by atoms with van der Waals surface area (Å²) in [5, 5.41) is 0. The van der Waals surface area contributed by atoms with E-state index in [4.69, 9.17) is 9.47 Å². The lowest BCUT2D eigenvalue weighted by Gasteiger charge is -2.32. The van der Waals surface area contributed by atoms with Gasteiger partial charge >= 0.3 is 0 Å². The van der Waals surface area contributed by atoms with Crippen molar-refractivity contribution in [3.05, 3.63) is 42.5 Å². The van der Waals surface area contributed by atoms with Crippen LogP contribution in [0.3, 0.4) is 0 Å². The van der Waals surface area contributed by atoms with Crippen LogP contribution in [0.1, 0.15) is 18.7 Å². The van der Waals surface area contributed by atoms with Crippen LogP contribution in [-0.4, -0.2) is 48.2 Å². The van der Waals surface area contributed by atoms with Crippen molar-refractivity contribution in [1.82, 2.24) is 14.9 Å². The number of benzene rings is 1. The number of piperidine rings is 1. The quantitative estimate of drug-likeness (QED) is 0.853. The highest BCUT2D eigenvalue weighted by Crippen LogP contribution is 2.21. The number of ether oxygens (including phenoxy) is 2. The van der Waals surface area contributed by atoms with Crippen molar-refractivity contribution in [1.29, 1.82) is 0 Å². The van der Waals surface area contributed by atoms with Gasteiger partial charge in [-0.2, -0.15) is 0 Å². The summed E-state index contributed by atoms with van der Waals surface area (Å²) in [6.45, 7) is 4.13. The van der Waals surface area contributed by atoms with Crippen molar-refractivity contribution in [2.45, 2.75) is 19.3 Å². The molecule has 124 valence electrons. The van der Waals surface area contributed by atoms with Crippen LogP contribution in [0, 0.1) is 5.92 Å². The molecule has 1 saturated heterocycles. The van der Waals surface area contributed by atoms with Gasteiger partial charge in [-0.25, -0.2) is 4.98 Å². The van der Waals surface area contributed by atoms with Crippen molar-refractivity contribution >= 4 is 0 Å². The van der Waals surface area contributed by atoms with Gasteiger partial charge in [-0.3, -0.25) is 0 Å². The smallest absolute Gasteiger partial charge is 0.119 e. The van der Waals surface area contributed by atoms with E-state index >= 15 is 0 Å². The molecule has 2 aromatic rings. The zero-order valence-electron chi connectivity index (χ0n) is 13.7. The molecule has 1 aliphatic heterocycles. The van der Waals surface area contributed by atoms with Crippen LogP contribution >= 0.6 is 0 Å². The minimum Gasteiger partial charge on any atom is -0.497 e. The molecule has 0 amide bonds. The number of aromatic nitrogens is 2. The Morgan fingerprint density at radius 1 is 1.26 bits per heavy atom. The number of hydrogen-bond acceptors (Lipinski definition) is 4. The lowest BCUT2D eigenvalue weighted by atomic mass is 9.99. The second kappa shape index (κ2) is 8.02. The third-order valence-electron chi connectivity index (χ3n) is 4.37. The average molecular weight is 315 g/mol. The van der Waals surface area contributed by atoms with Crippen LogP contribution in [0.5, 0.6) is 11.5 Å². The van der Waals surface area contributed by atoms with Crippen molar-refractivity contribution in [3.8, 4) is 11.5 Å². The first-order chi connectivity index (χ1) is 11.3.